The zero-order chi connectivity index (χ0) is 18.5. The summed E-state index contributed by atoms with van der Waals surface area (Å²) in [5.74, 6) is 0.994. The lowest BCUT2D eigenvalue weighted by Crippen LogP contribution is -2.62. The van der Waals surface area contributed by atoms with Crippen molar-refractivity contribution < 1.29 is 0 Å². The van der Waals surface area contributed by atoms with Crippen LogP contribution in [-0.4, -0.2) is 86.7 Å². The van der Waals surface area contributed by atoms with Gasteiger partial charge < -0.3 is 15.5 Å². The van der Waals surface area contributed by atoms with Gasteiger partial charge in [0.15, 0.2) is 5.96 Å². The number of guanidine groups is 1. The fraction of sp³-hybridized carbons (Fsp3) is 0.667. The van der Waals surface area contributed by atoms with E-state index in [-0.39, 0.29) is 24.0 Å². The van der Waals surface area contributed by atoms with Crippen LogP contribution < -0.4 is 15.5 Å². The average Bonchev–Trinajstić information content (AvgIpc) is 2.74. The first kappa shape index (κ1) is 21.6. The number of hydrogen-bond acceptors (Lipinski definition) is 4. The monoisotopic (exact) mass is 498 g/mol. The molecule has 4 aliphatic rings. The Morgan fingerprint density at radius 3 is 2.36 bits per heavy atom. The van der Waals surface area contributed by atoms with Gasteiger partial charge in [-0.2, -0.15) is 0 Å². The molecule has 1 aromatic rings. The molecule has 0 spiro atoms. The summed E-state index contributed by atoms with van der Waals surface area (Å²) in [5.41, 5.74) is 1.34. The fourth-order valence-corrected chi connectivity index (χ4v) is 4.53. The van der Waals surface area contributed by atoms with Gasteiger partial charge in [0.1, 0.15) is 0 Å². The van der Waals surface area contributed by atoms with Crippen LogP contribution in [0.25, 0.3) is 0 Å². The first-order valence-electron chi connectivity index (χ1n) is 10.6. The van der Waals surface area contributed by atoms with Gasteiger partial charge in [0, 0.05) is 70.1 Å². The average molecular weight is 498 g/mol. The van der Waals surface area contributed by atoms with Gasteiger partial charge in [-0.1, -0.05) is 18.2 Å². The van der Waals surface area contributed by atoms with E-state index in [0.717, 1.165) is 45.0 Å². The maximum atomic E-state index is 4.94. The Balaban J connectivity index is 0.00000225. The molecule has 4 fully saturated rings. The summed E-state index contributed by atoms with van der Waals surface area (Å²) in [5, 5.41) is 7.14. The largest absolute Gasteiger partial charge is 0.371 e. The summed E-state index contributed by atoms with van der Waals surface area (Å²) in [4.78, 5) is 12.6. The van der Waals surface area contributed by atoms with E-state index < -0.39 is 0 Å². The van der Waals surface area contributed by atoms with Crippen LogP contribution >= 0.6 is 24.0 Å². The number of nitrogens with zero attached hydrogens (tertiary/aromatic N) is 4. The van der Waals surface area contributed by atoms with Gasteiger partial charge in [-0.25, -0.2) is 0 Å². The summed E-state index contributed by atoms with van der Waals surface area (Å²) in [6, 6.07) is 11.9. The highest BCUT2D eigenvalue weighted by Gasteiger charge is 2.31. The molecule has 1 atom stereocenters. The van der Waals surface area contributed by atoms with Crippen molar-refractivity contribution in [3.05, 3.63) is 30.3 Å². The molecule has 156 valence electrons. The zero-order valence-electron chi connectivity index (χ0n) is 17.0. The van der Waals surface area contributed by atoms with Crippen LogP contribution in [0.4, 0.5) is 5.69 Å². The van der Waals surface area contributed by atoms with Crippen LogP contribution in [0.5, 0.6) is 0 Å². The van der Waals surface area contributed by atoms with E-state index in [2.05, 4.69) is 62.6 Å². The number of hydrogen-bond donors (Lipinski definition) is 2. The van der Waals surface area contributed by atoms with E-state index in [4.69, 9.17) is 4.99 Å². The number of nitrogens with one attached hydrogen (secondary N) is 2. The first-order chi connectivity index (χ1) is 13.3. The summed E-state index contributed by atoms with van der Waals surface area (Å²) in [6.45, 7) is 12.2. The second kappa shape index (κ2) is 10.6. The smallest absolute Gasteiger partial charge is 0.191 e. The van der Waals surface area contributed by atoms with Gasteiger partial charge in [0.2, 0.25) is 0 Å². The third-order valence-electron chi connectivity index (χ3n) is 6.15. The van der Waals surface area contributed by atoms with Crippen molar-refractivity contribution in [1.82, 2.24) is 20.4 Å². The second-order valence-corrected chi connectivity index (χ2v) is 7.95. The Hall–Kier alpha value is -1.06. The molecule has 7 heteroatoms. The minimum absolute atomic E-state index is 0. The summed E-state index contributed by atoms with van der Waals surface area (Å²) in [6.07, 6.45) is 2.31. The Morgan fingerprint density at radius 1 is 1.04 bits per heavy atom. The van der Waals surface area contributed by atoms with Gasteiger partial charge in [-0.15, -0.1) is 24.0 Å². The van der Waals surface area contributed by atoms with Crippen LogP contribution in [0, 0.1) is 0 Å². The summed E-state index contributed by atoms with van der Waals surface area (Å²) in [7, 11) is 0. The van der Waals surface area contributed by atoms with Crippen LogP contribution in [0.15, 0.2) is 35.3 Å². The van der Waals surface area contributed by atoms with E-state index in [0.29, 0.717) is 12.1 Å². The predicted octanol–water partition coefficient (Wildman–Crippen LogP) is 1.83. The van der Waals surface area contributed by atoms with Crippen molar-refractivity contribution in [2.24, 2.45) is 4.99 Å². The molecule has 0 aromatic heterocycles. The number of benzene rings is 1. The Kier molecular flexibility index (Phi) is 8.23. The number of aliphatic imine (C=N–C) groups is 1. The van der Waals surface area contributed by atoms with Gasteiger partial charge in [-0.05, 0) is 31.9 Å². The minimum Gasteiger partial charge on any atom is -0.371 e. The minimum atomic E-state index is 0. The van der Waals surface area contributed by atoms with Crippen molar-refractivity contribution in [2.45, 2.75) is 31.8 Å². The number of piperidine rings is 1. The molecule has 6 nitrogen and oxygen atoms in total. The van der Waals surface area contributed by atoms with Crippen molar-refractivity contribution in [3.8, 4) is 0 Å². The van der Waals surface area contributed by atoms with Crippen LogP contribution in [0.2, 0.25) is 0 Å². The Bertz CT molecular complexity index is 609. The third kappa shape index (κ3) is 5.51. The number of halogens is 1. The SMILES string of the molecule is CCNC(=NCC1CN2CCN1CC2)NC1CCN(c2ccccc2)CC1.I. The molecule has 0 aliphatic carbocycles. The Morgan fingerprint density at radius 2 is 1.75 bits per heavy atom. The number of anilines is 1. The molecular weight excluding hydrogens is 463 g/mol. The molecule has 28 heavy (non-hydrogen) atoms. The van der Waals surface area contributed by atoms with E-state index in [1.807, 2.05) is 0 Å². The number of piperazine rings is 3. The maximum absolute atomic E-state index is 4.94. The van der Waals surface area contributed by atoms with E-state index >= 15 is 0 Å². The summed E-state index contributed by atoms with van der Waals surface area (Å²) >= 11 is 0. The van der Waals surface area contributed by atoms with Crippen LogP contribution in [0.1, 0.15) is 19.8 Å². The molecule has 4 aliphatic heterocycles. The van der Waals surface area contributed by atoms with Crippen molar-refractivity contribution in [1.29, 1.82) is 0 Å². The molecule has 4 heterocycles. The number of fused-ring (bicyclic) bond motifs is 3. The van der Waals surface area contributed by atoms with Gasteiger partial charge >= 0.3 is 0 Å². The van der Waals surface area contributed by atoms with Gasteiger partial charge in [0.25, 0.3) is 0 Å². The lowest BCUT2D eigenvalue weighted by Gasteiger charge is -2.47. The highest BCUT2D eigenvalue weighted by Crippen LogP contribution is 2.19. The highest BCUT2D eigenvalue weighted by molar-refractivity contribution is 14.0. The van der Waals surface area contributed by atoms with Gasteiger partial charge in [0.05, 0.1) is 6.54 Å². The molecule has 2 N–H and O–H groups in total. The summed E-state index contributed by atoms with van der Waals surface area (Å²) < 4.78 is 0. The zero-order valence-corrected chi connectivity index (χ0v) is 19.3. The van der Waals surface area contributed by atoms with E-state index in [1.54, 1.807) is 0 Å². The second-order valence-electron chi connectivity index (χ2n) is 7.95. The lowest BCUT2D eigenvalue weighted by molar-refractivity contribution is 0.0174. The molecule has 5 rings (SSSR count). The van der Waals surface area contributed by atoms with Crippen molar-refractivity contribution in [2.75, 3.05) is 63.8 Å². The molecule has 4 saturated heterocycles. The highest BCUT2D eigenvalue weighted by atomic mass is 127. The topological polar surface area (TPSA) is 46.1 Å². The van der Waals surface area contributed by atoms with Crippen molar-refractivity contribution >= 4 is 35.6 Å². The van der Waals surface area contributed by atoms with Crippen LogP contribution in [-0.2, 0) is 0 Å². The molecule has 2 bridgehead atoms. The molecule has 1 aromatic carbocycles. The standard InChI is InChI=1S/C21H34N6.HI/c1-2-22-21(23-16-20-17-25-12-14-27(20)15-13-25)24-18-8-10-26(11-9-18)19-6-4-3-5-7-19;/h3-7,18,20H,2,8-17H2,1H3,(H2,22,23,24);1H. The van der Waals surface area contributed by atoms with E-state index in [9.17, 15) is 0 Å². The molecule has 0 saturated carbocycles. The third-order valence-corrected chi connectivity index (χ3v) is 6.15. The normalized spacial score (nSPS) is 28.0. The number of para-hydroxylation sites is 1. The van der Waals surface area contributed by atoms with Crippen molar-refractivity contribution in [3.63, 3.8) is 0 Å². The number of rotatable bonds is 5. The maximum Gasteiger partial charge on any atom is 0.191 e. The molecule has 0 radical (unpaired) electrons. The predicted molar refractivity (Wildman–Crippen MR) is 128 cm³/mol. The van der Waals surface area contributed by atoms with Gasteiger partial charge in [-0.3, -0.25) is 14.8 Å². The first-order valence-corrected chi connectivity index (χ1v) is 10.6. The van der Waals surface area contributed by atoms with Crippen LogP contribution in [0.3, 0.4) is 0 Å². The molecular formula is C21H35IN6. The lowest BCUT2D eigenvalue weighted by atomic mass is 10.0. The quantitative estimate of drug-likeness (QED) is 0.369. The molecule has 1 unspecified atom stereocenters. The Labute approximate surface area is 186 Å². The molecule has 0 amide bonds. The van der Waals surface area contributed by atoms with E-state index in [1.165, 1.54) is 38.4 Å². The fourth-order valence-electron chi connectivity index (χ4n) is 4.53.